The minimum absolute atomic E-state index is 0.0763. The molecule has 1 aliphatic heterocycles. The van der Waals surface area contributed by atoms with Crippen molar-refractivity contribution in [2.45, 2.75) is 63.1 Å². The molecule has 0 amide bonds. The molecule has 26 heavy (non-hydrogen) atoms. The molecule has 2 heterocycles. The van der Waals surface area contributed by atoms with Crippen molar-refractivity contribution in [1.82, 2.24) is 9.97 Å². The Morgan fingerprint density at radius 3 is 2.46 bits per heavy atom. The lowest BCUT2D eigenvalue weighted by atomic mass is 9.77. The van der Waals surface area contributed by atoms with Gasteiger partial charge in [0.2, 0.25) is 0 Å². The Balaban J connectivity index is 1.63. The van der Waals surface area contributed by atoms with E-state index in [0.717, 1.165) is 31.9 Å². The zero-order valence-electron chi connectivity index (χ0n) is 14.5. The van der Waals surface area contributed by atoms with Crippen molar-refractivity contribution >= 4 is 5.82 Å². The van der Waals surface area contributed by atoms with E-state index in [0.29, 0.717) is 12.1 Å². The number of nitrogens with zero attached hydrogens (tertiary/aromatic N) is 2. The molecule has 2 fully saturated rings. The van der Waals surface area contributed by atoms with Crippen LogP contribution in [0, 0.1) is 11.8 Å². The second-order valence-corrected chi connectivity index (χ2v) is 7.34. The summed E-state index contributed by atoms with van der Waals surface area (Å²) in [7, 11) is 0. The molecule has 1 aromatic heterocycles. The highest BCUT2D eigenvalue weighted by Gasteiger charge is 2.43. The normalized spacial score (nSPS) is 35.9. The van der Waals surface area contributed by atoms with E-state index >= 15 is 0 Å². The molecular formula is C17H24F3N3O3. The lowest BCUT2D eigenvalue weighted by Gasteiger charge is -2.43. The monoisotopic (exact) mass is 375 g/mol. The zero-order valence-corrected chi connectivity index (χ0v) is 14.5. The molecule has 0 aromatic carbocycles. The van der Waals surface area contributed by atoms with Gasteiger partial charge in [-0.05, 0) is 24.7 Å². The van der Waals surface area contributed by atoms with Gasteiger partial charge in [-0.2, -0.15) is 13.2 Å². The Morgan fingerprint density at radius 2 is 1.81 bits per heavy atom. The fraction of sp³-hybridized carbons (Fsp3) is 0.765. The van der Waals surface area contributed by atoms with E-state index < -0.39 is 36.2 Å². The predicted molar refractivity (Wildman–Crippen MR) is 87.3 cm³/mol. The van der Waals surface area contributed by atoms with Crippen LogP contribution in [0.4, 0.5) is 19.0 Å². The Hall–Kier alpha value is -1.45. The second kappa shape index (κ2) is 7.66. The summed E-state index contributed by atoms with van der Waals surface area (Å²) in [6.07, 6.45) is -1.54. The maximum atomic E-state index is 12.7. The van der Waals surface area contributed by atoms with Crippen LogP contribution in [0.1, 0.15) is 38.3 Å². The summed E-state index contributed by atoms with van der Waals surface area (Å²) in [5.41, 5.74) is -1.12. The van der Waals surface area contributed by atoms with Gasteiger partial charge in [-0.1, -0.05) is 19.8 Å². The SMILES string of the molecule is CC1CCC([C@H]2OC[C@H](Nc3cncc(C(F)(F)F)n3)[C@@H](O)[C@H]2O)CC1. The highest BCUT2D eigenvalue weighted by Crippen LogP contribution is 2.35. The van der Waals surface area contributed by atoms with E-state index in [1.807, 2.05) is 0 Å². The number of alkyl halides is 3. The van der Waals surface area contributed by atoms with Gasteiger partial charge in [0.1, 0.15) is 18.0 Å². The van der Waals surface area contributed by atoms with Gasteiger partial charge in [-0.15, -0.1) is 0 Å². The summed E-state index contributed by atoms with van der Waals surface area (Å²) in [6, 6.07) is -0.762. The van der Waals surface area contributed by atoms with E-state index in [1.54, 1.807) is 0 Å². The van der Waals surface area contributed by atoms with Crippen LogP contribution in [-0.2, 0) is 10.9 Å². The third kappa shape index (κ3) is 4.27. The molecule has 146 valence electrons. The Kier molecular flexibility index (Phi) is 5.69. The molecular weight excluding hydrogens is 351 g/mol. The molecule has 6 nitrogen and oxygen atoms in total. The molecule has 4 atom stereocenters. The average molecular weight is 375 g/mol. The standard InChI is InChI=1S/C17H24F3N3O3/c1-9-2-4-10(5-3-9)16-15(25)14(24)11(8-26-16)22-13-7-21-6-12(23-13)17(18,19)20/h6-7,9-11,14-16,24-25H,2-5,8H2,1H3,(H,22,23)/t9?,10?,11-,14+,15+,16+/m0/s1. The number of hydrogen-bond donors (Lipinski definition) is 3. The van der Waals surface area contributed by atoms with Crippen LogP contribution in [-0.4, -0.2) is 51.1 Å². The van der Waals surface area contributed by atoms with Crippen LogP contribution in [0.15, 0.2) is 12.4 Å². The number of aromatic nitrogens is 2. The first kappa shape index (κ1) is 19.3. The summed E-state index contributed by atoms with van der Waals surface area (Å²) in [5.74, 6) is 0.723. The molecule has 1 aromatic rings. The quantitative estimate of drug-likeness (QED) is 0.751. The number of anilines is 1. The largest absolute Gasteiger partial charge is 0.434 e. The van der Waals surface area contributed by atoms with Crippen molar-refractivity contribution < 1.29 is 28.1 Å². The van der Waals surface area contributed by atoms with Gasteiger partial charge in [-0.3, -0.25) is 4.98 Å². The van der Waals surface area contributed by atoms with Gasteiger partial charge in [0.05, 0.1) is 31.1 Å². The van der Waals surface area contributed by atoms with Crippen LogP contribution < -0.4 is 5.32 Å². The third-order valence-electron chi connectivity index (χ3n) is 5.35. The number of aliphatic hydroxyl groups is 2. The summed E-state index contributed by atoms with van der Waals surface area (Å²) >= 11 is 0. The molecule has 9 heteroatoms. The topological polar surface area (TPSA) is 87.5 Å². The van der Waals surface area contributed by atoms with Gasteiger partial charge < -0.3 is 20.3 Å². The number of rotatable bonds is 3. The fourth-order valence-electron chi connectivity index (χ4n) is 3.76. The summed E-state index contributed by atoms with van der Waals surface area (Å²) in [4.78, 5) is 6.99. The maximum Gasteiger partial charge on any atom is 0.434 e. The summed E-state index contributed by atoms with van der Waals surface area (Å²) < 4.78 is 44.0. The number of nitrogens with one attached hydrogen (secondary N) is 1. The lowest BCUT2D eigenvalue weighted by Crippen LogP contribution is -2.58. The molecule has 2 aliphatic rings. The van der Waals surface area contributed by atoms with E-state index in [-0.39, 0.29) is 18.3 Å². The third-order valence-corrected chi connectivity index (χ3v) is 5.35. The highest BCUT2D eigenvalue weighted by atomic mass is 19.4. The Labute approximate surface area is 149 Å². The first-order valence-electron chi connectivity index (χ1n) is 8.89. The summed E-state index contributed by atoms with van der Waals surface area (Å²) in [6.45, 7) is 2.27. The van der Waals surface area contributed by atoms with E-state index in [4.69, 9.17) is 4.74 Å². The molecule has 0 unspecified atom stereocenters. The van der Waals surface area contributed by atoms with E-state index in [9.17, 15) is 23.4 Å². The van der Waals surface area contributed by atoms with Gasteiger partial charge in [0.25, 0.3) is 0 Å². The molecule has 1 aliphatic carbocycles. The minimum Gasteiger partial charge on any atom is -0.388 e. The van der Waals surface area contributed by atoms with Crippen molar-refractivity contribution in [3.63, 3.8) is 0 Å². The molecule has 1 saturated carbocycles. The number of aliphatic hydroxyl groups excluding tert-OH is 2. The lowest BCUT2D eigenvalue weighted by molar-refractivity contribution is -0.163. The first-order valence-corrected chi connectivity index (χ1v) is 8.89. The van der Waals surface area contributed by atoms with Gasteiger partial charge in [0, 0.05) is 0 Å². The van der Waals surface area contributed by atoms with E-state index in [2.05, 4.69) is 22.2 Å². The molecule has 3 N–H and O–H groups in total. The number of ether oxygens (including phenoxy) is 1. The average Bonchev–Trinajstić information content (AvgIpc) is 2.60. The van der Waals surface area contributed by atoms with E-state index in [1.165, 1.54) is 0 Å². The molecule has 0 radical (unpaired) electrons. The smallest absolute Gasteiger partial charge is 0.388 e. The van der Waals surface area contributed by atoms with Crippen molar-refractivity contribution in [2.24, 2.45) is 11.8 Å². The van der Waals surface area contributed by atoms with Crippen LogP contribution in [0.3, 0.4) is 0 Å². The fourth-order valence-corrected chi connectivity index (χ4v) is 3.76. The van der Waals surface area contributed by atoms with Gasteiger partial charge >= 0.3 is 6.18 Å². The summed E-state index contributed by atoms with van der Waals surface area (Å²) in [5, 5.41) is 23.6. The first-order chi connectivity index (χ1) is 12.3. The van der Waals surface area contributed by atoms with Crippen LogP contribution >= 0.6 is 0 Å². The van der Waals surface area contributed by atoms with Crippen LogP contribution in [0.2, 0.25) is 0 Å². The molecule has 0 spiro atoms. The predicted octanol–water partition coefficient (Wildman–Crippen LogP) is 2.22. The molecule has 0 bridgehead atoms. The second-order valence-electron chi connectivity index (χ2n) is 7.34. The minimum atomic E-state index is -4.60. The van der Waals surface area contributed by atoms with Crippen molar-refractivity contribution in [3.05, 3.63) is 18.1 Å². The van der Waals surface area contributed by atoms with Crippen molar-refractivity contribution in [2.75, 3.05) is 11.9 Å². The Morgan fingerprint density at radius 1 is 1.12 bits per heavy atom. The maximum absolute atomic E-state index is 12.7. The van der Waals surface area contributed by atoms with Crippen molar-refractivity contribution in [3.8, 4) is 0 Å². The molecule has 1 saturated heterocycles. The van der Waals surface area contributed by atoms with Gasteiger partial charge in [-0.25, -0.2) is 4.98 Å². The van der Waals surface area contributed by atoms with Crippen LogP contribution in [0.25, 0.3) is 0 Å². The highest BCUT2D eigenvalue weighted by molar-refractivity contribution is 5.34. The zero-order chi connectivity index (χ0) is 18.9. The van der Waals surface area contributed by atoms with Gasteiger partial charge in [0.15, 0.2) is 5.69 Å². The van der Waals surface area contributed by atoms with Crippen molar-refractivity contribution in [1.29, 1.82) is 0 Å². The van der Waals surface area contributed by atoms with Crippen LogP contribution in [0.5, 0.6) is 0 Å². The number of hydrogen-bond acceptors (Lipinski definition) is 6. The number of halogens is 3. The molecule has 3 rings (SSSR count). The Bertz CT molecular complexity index is 608.